The molecule has 1 atom stereocenters. The molecule has 1 aliphatic rings. The average molecular weight is 347 g/mol. The van der Waals surface area contributed by atoms with E-state index in [-0.39, 0.29) is 11.9 Å². The molecule has 1 aromatic carbocycles. The highest BCUT2D eigenvalue weighted by Crippen LogP contribution is 2.38. The SMILES string of the molecule is CCc1nnsc1C(=O)N1CCCC1c1ccc(OC)c(OC)c1. The molecular weight excluding hydrogens is 326 g/mol. The van der Waals surface area contributed by atoms with Gasteiger partial charge in [-0.1, -0.05) is 17.5 Å². The number of aromatic nitrogens is 2. The lowest BCUT2D eigenvalue weighted by Gasteiger charge is -2.25. The van der Waals surface area contributed by atoms with Crippen molar-refractivity contribution in [2.45, 2.75) is 32.2 Å². The number of likely N-dealkylation sites (tertiary alicyclic amines) is 1. The highest BCUT2D eigenvalue weighted by molar-refractivity contribution is 7.08. The van der Waals surface area contributed by atoms with E-state index in [1.165, 1.54) is 11.5 Å². The Balaban J connectivity index is 1.89. The Morgan fingerprint density at radius 2 is 2.12 bits per heavy atom. The van der Waals surface area contributed by atoms with E-state index in [1.54, 1.807) is 14.2 Å². The summed E-state index contributed by atoms with van der Waals surface area (Å²) < 4.78 is 14.6. The van der Waals surface area contributed by atoms with Crippen molar-refractivity contribution in [2.75, 3.05) is 20.8 Å². The van der Waals surface area contributed by atoms with Crippen LogP contribution in [0.25, 0.3) is 0 Å². The predicted molar refractivity (Wildman–Crippen MR) is 91.8 cm³/mol. The lowest BCUT2D eigenvalue weighted by Crippen LogP contribution is -2.30. The lowest BCUT2D eigenvalue weighted by molar-refractivity contribution is 0.0739. The first-order chi connectivity index (χ1) is 11.7. The van der Waals surface area contributed by atoms with Gasteiger partial charge in [-0.3, -0.25) is 4.79 Å². The summed E-state index contributed by atoms with van der Waals surface area (Å²) in [7, 11) is 3.24. The van der Waals surface area contributed by atoms with Gasteiger partial charge in [-0.05, 0) is 48.5 Å². The van der Waals surface area contributed by atoms with E-state index < -0.39 is 0 Å². The molecule has 2 aromatic rings. The van der Waals surface area contributed by atoms with Crippen LogP contribution in [0.2, 0.25) is 0 Å². The molecule has 1 unspecified atom stereocenters. The number of carbonyl (C=O) groups is 1. The Bertz CT molecular complexity index is 732. The van der Waals surface area contributed by atoms with Gasteiger partial charge in [0.2, 0.25) is 0 Å². The fourth-order valence-corrected chi connectivity index (χ4v) is 3.86. The summed E-state index contributed by atoms with van der Waals surface area (Å²) in [6.07, 6.45) is 2.64. The minimum absolute atomic E-state index is 0.0270. The molecule has 0 bridgehead atoms. The molecular formula is C17H21N3O3S. The number of benzene rings is 1. The molecule has 1 fully saturated rings. The van der Waals surface area contributed by atoms with Gasteiger partial charge in [-0.15, -0.1) is 5.10 Å². The summed E-state index contributed by atoms with van der Waals surface area (Å²) in [5, 5.41) is 4.06. The number of aryl methyl sites for hydroxylation is 1. The molecule has 1 amide bonds. The standard InChI is InChI=1S/C17H21N3O3S/c1-4-12-16(24-19-18-12)17(21)20-9-5-6-13(20)11-7-8-14(22-2)15(10-11)23-3/h7-8,10,13H,4-6,9H2,1-3H3. The van der Waals surface area contributed by atoms with Crippen molar-refractivity contribution in [3.05, 3.63) is 34.3 Å². The number of amides is 1. The van der Waals surface area contributed by atoms with Gasteiger partial charge in [0, 0.05) is 6.54 Å². The zero-order chi connectivity index (χ0) is 17.1. The Hall–Kier alpha value is -2.15. The molecule has 1 saturated heterocycles. The van der Waals surface area contributed by atoms with E-state index in [9.17, 15) is 4.79 Å². The quantitative estimate of drug-likeness (QED) is 0.831. The van der Waals surface area contributed by atoms with E-state index in [0.29, 0.717) is 22.8 Å². The van der Waals surface area contributed by atoms with Crippen molar-refractivity contribution in [1.29, 1.82) is 0 Å². The summed E-state index contributed by atoms with van der Waals surface area (Å²) in [5.74, 6) is 1.40. The molecule has 0 spiro atoms. The summed E-state index contributed by atoms with van der Waals surface area (Å²) in [6.45, 7) is 2.74. The number of rotatable bonds is 5. The molecule has 128 valence electrons. The van der Waals surface area contributed by atoms with Crippen molar-refractivity contribution in [1.82, 2.24) is 14.5 Å². The first kappa shape index (κ1) is 16.7. The predicted octanol–water partition coefficient (Wildman–Crippen LogP) is 3.10. The van der Waals surface area contributed by atoms with Crippen molar-refractivity contribution in [2.24, 2.45) is 0 Å². The van der Waals surface area contributed by atoms with Crippen molar-refractivity contribution in [3.8, 4) is 11.5 Å². The fraction of sp³-hybridized carbons (Fsp3) is 0.471. The molecule has 0 aliphatic carbocycles. The van der Waals surface area contributed by atoms with Gasteiger partial charge < -0.3 is 14.4 Å². The Kier molecular flexibility index (Phi) is 4.99. The van der Waals surface area contributed by atoms with Crippen molar-refractivity contribution in [3.63, 3.8) is 0 Å². The van der Waals surface area contributed by atoms with Crippen LogP contribution < -0.4 is 9.47 Å². The Morgan fingerprint density at radius 1 is 1.33 bits per heavy atom. The van der Waals surface area contributed by atoms with Gasteiger partial charge in [0.15, 0.2) is 11.5 Å². The molecule has 24 heavy (non-hydrogen) atoms. The first-order valence-corrected chi connectivity index (χ1v) is 8.81. The van der Waals surface area contributed by atoms with Crippen LogP contribution in [0.3, 0.4) is 0 Å². The molecule has 6 nitrogen and oxygen atoms in total. The topological polar surface area (TPSA) is 64.6 Å². The number of hydrogen-bond donors (Lipinski definition) is 0. The highest BCUT2D eigenvalue weighted by Gasteiger charge is 2.33. The van der Waals surface area contributed by atoms with Crippen LogP contribution in [-0.2, 0) is 6.42 Å². The molecule has 0 N–H and O–H groups in total. The highest BCUT2D eigenvalue weighted by atomic mass is 32.1. The second-order valence-corrected chi connectivity index (χ2v) is 6.43. The maximum Gasteiger partial charge on any atom is 0.268 e. The maximum atomic E-state index is 12.9. The average Bonchev–Trinajstić information content (AvgIpc) is 3.29. The molecule has 2 heterocycles. The first-order valence-electron chi connectivity index (χ1n) is 8.03. The number of carbonyl (C=O) groups excluding carboxylic acids is 1. The van der Waals surface area contributed by atoms with E-state index >= 15 is 0 Å². The molecule has 1 aliphatic heterocycles. The van der Waals surface area contributed by atoms with Gasteiger partial charge in [-0.2, -0.15) is 0 Å². The zero-order valence-electron chi connectivity index (χ0n) is 14.1. The smallest absolute Gasteiger partial charge is 0.268 e. The number of ether oxygens (including phenoxy) is 2. The Labute approximate surface area is 145 Å². The van der Waals surface area contributed by atoms with Gasteiger partial charge in [0.1, 0.15) is 4.88 Å². The van der Waals surface area contributed by atoms with E-state index in [2.05, 4.69) is 9.59 Å². The summed E-state index contributed by atoms with van der Waals surface area (Å²) >= 11 is 1.18. The minimum atomic E-state index is 0.0270. The normalized spacial score (nSPS) is 17.1. The third-order valence-electron chi connectivity index (χ3n) is 4.39. The second kappa shape index (κ2) is 7.17. The fourth-order valence-electron chi connectivity index (χ4n) is 3.15. The third-order valence-corrected chi connectivity index (χ3v) is 5.15. The third kappa shape index (κ3) is 2.96. The number of hydrogen-bond acceptors (Lipinski definition) is 6. The van der Waals surface area contributed by atoms with Gasteiger partial charge in [0.25, 0.3) is 5.91 Å². The van der Waals surface area contributed by atoms with Crippen LogP contribution in [0.4, 0.5) is 0 Å². The second-order valence-electron chi connectivity index (χ2n) is 5.67. The maximum absolute atomic E-state index is 12.9. The number of nitrogens with zero attached hydrogens (tertiary/aromatic N) is 3. The zero-order valence-corrected chi connectivity index (χ0v) is 14.9. The Morgan fingerprint density at radius 3 is 2.83 bits per heavy atom. The number of methoxy groups -OCH3 is 2. The van der Waals surface area contributed by atoms with Crippen LogP contribution in [0.1, 0.15) is 46.7 Å². The monoisotopic (exact) mass is 347 g/mol. The van der Waals surface area contributed by atoms with Crippen LogP contribution in [0.15, 0.2) is 18.2 Å². The van der Waals surface area contributed by atoms with Crippen LogP contribution >= 0.6 is 11.5 Å². The minimum Gasteiger partial charge on any atom is -0.493 e. The van der Waals surface area contributed by atoms with E-state index in [0.717, 1.165) is 30.6 Å². The van der Waals surface area contributed by atoms with Gasteiger partial charge in [-0.25, -0.2) is 0 Å². The summed E-state index contributed by atoms with van der Waals surface area (Å²) in [5.41, 5.74) is 1.84. The molecule has 3 rings (SSSR count). The van der Waals surface area contributed by atoms with Crippen LogP contribution in [0.5, 0.6) is 11.5 Å². The summed E-state index contributed by atoms with van der Waals surface area (Å²) in [4.78, 5) is 15.5. The van der Waals surface area contributed by atoms with Gasteiger partial charge >= 0.3 is 0 Å². The largest absolute Gasteiger partial charge is 0.493 e. The van der Waals surface area contributed by atoms with Gasteiger partial charge in [0.05, 0.1) is 26.0 Å². The summed E-state index contributed by atoms with van der Waals surface area (Å²) in [6, 6.07) is 5.90. The molecule has 0 saturated carbocycles. The van der Waals surface area contributed by atoms with E-state index in [1.807, 2.05) is 30.0 Å². The van der Waals surface area contributed by atoms with Crippen LogP contribution in [-0.4, -0.2) is 41.2 Å². The molecule has 0 radical (unpaired) electrons. The molecule has 1 aromatic heterocycles. The lowest BCUT2D eigenvalue weighted by atomic mass is 10.0. The molecule has 7 heteroatoms. The van der Waals surface area contributed by atoms with Crippen molar-refractivity contribution < 1.29 is 14.3 Å². The van der Waals surface area contributed by atoms with Crippen molar-refractivity contribution >= 4 is 17.4 Å². The van der Waals surface area contributed by atoms with Crippen LogP contribution in [0, 0.1) is 0 Å². The van der Waals surface area contributed by atoms with E-state index in [4.69, 9.17) is 9.47 Å².